The third-order valence-electron chi connectivity index (χ3n) is 5.99. The third-order valence-corrected chi connectivity index (χ3v) is 5.99. The summed E-state index contributed by atoms with van der Waals surface area (Å²) in [7, 11) is 2.88. The highest BCUT2D eigenvalue weighted by atomic mass is 19.1. The molecule has 1 aliphatic rings. The fraction of sp³-hybridized carbons (Fsp3) is 0.241. The Morgan fingerprint density at radius 2 is 1.70 bits per heavy atom. The van der Waals surface area contributed by atoms with Crippen LogP contribution in [-0.2, 0) is 16.1 Å². The van der Waals surface area contributed by atoms with E-state index in [4.69, 9.17) is 14.2 Å². The number of benzene rings is 3. The fourth-order valence-electron chi connectivity index (χ4n) is 4.40. The fourth-order valence-corrected chi connectivity index (χ4v) is 4.40. The molecular formula is C29H28FNO6. The van der Waals surface area contributed by atoms with Crippen LogP contribution in [0.4, 0.5) is 4.39 Å². The molecule has 1 amide bonds. The summed E-state index contributed by atoms with van der Waals surface area (Å²) in [6, 6.07) is 16.8. The molecule has 1 unspecified atom stereocenters. The summed E-state index contributed by atoms with van der Waals surface area (Å²) in [6.45, 7) is 3.89. The average molecular weight is 506 g/mol. The van der Waals surface area contributed by atoms with Gasteiger partial charge in [-0.2, -0.15) is 0 Å². The van der Waals surface area contributed by atoms with Crippen molar-refractivity contribution < 1.29 is 33.3 Å². The molecule has 37 heavy (non-hydrogen) atoms. The number of halogens is 1. The second kappa shape index (κ2) is 10.7. The van der Waals surface area contributed by atoms with Crippen molar-refractivity contribution in [1.29, 1.82) is 0 Å². The second-order valence-electron chi connectivity index (χ2n) is 8.86. The van der Waals surface area contributed by atoms with E-state index in [2.05, 4.69) is 0 Å². The van der Waals surface area contributed by atoms with Crippen LogP contribution in [-0.4, -0.2) is 42.0 Å². The Balaban J connectivity index is 1.87. The molecule has 0 radical (unpaired) electrons. The van der Waals surface area contributed by atoms with E-state index in [1.54, 1.807) is 30.3 Å². The number of carbonyl (C=O) groups is 2. The summed E-state index contributed by atoms with van der Waals surface area (Å²) in [6.07, 6.45) is -0.0393. The Labute approximate surface area is 214 Å². The second-order valence-corrected chi connectivity index (χ2v) is 8.86. The van der Waals surface area contributed by atoms with Gasteiger partial charge in [-0.05, 0) is 67.4 Å². The normalized spacial score (nSPS) is 16.8. The van der Waals surface area contributed by atoms with Gasteiger partial charge in [0.1, 0.15) is 28.8 Å². The topological polar surface area (TPSA) is 85.3 Å². The van der Waals surface area contributed by atoms with Gasteiger partial charge in [-0.1, -0.05) is 24.3 Å². The lowest BCUT2D eigenvalue weighted by Crippen LogP contribution is -2.29. The van der Waals surface area contributed by atoms with E-state index in [-0.39, 0.29) is 29.5 Å². The number of carbonyl (C=O) groups excluding carboxylic acids is 2. The summed E-state index contributed by atoms with van der Waals surface area (Å²) < 4.78 is 30.6. The maximum absolute atomic E-state index is 14.1. The number of Topliss-reactive ketones (excluding diaryl/α,β-unsaturated/α-hetero) is 1. The summed E-state index contributed by atoms with van der Waals surface area (Å²) in [4.78, 5) is 28.1. The lowest BCUT2D eigenvalue weighted by atomic mass is 9.94. The van der Waals surface area contributed by atoms with Crippen LogP contribution >= 0.6 is 0 Å². The Morgan fingerprint density at radius 1 is 0.973 bits per heavy atom. The lowest BCUT2D eigenvalue weighted by Gasteiger charge is -2.26. The Kier molecular flexibility index (Phi) is 7.47. The molecule has 1 atom stereocenters. The summed E-state index contributed by atoms with van der Waals surface area (Å²) >= 11 is 0. The molecule has 8 heteroatoms. The minimum absolute atomic E-state index is 0.0271. The van der Waals surface area contributed by atoms with Crippen molar-refractivity contribution in [1.82, 2.24) is 4.90 Å². The third kappa shape index (κ3) is 5.28. The van der Waals surface area contributed by atoms with Gasteiger partial charge in [0.2, 0.25) is 0 Å². The van der Waals surface area contributed by atoms with Crippen molar-refractivity contribution in [3.63, 3.8) is 0 Å². The molecule has 0 saturated carbocycles. The highest BCUT2D eigenvalue weighted by Crippen LogP contribution is 2.42. The number of nitrogens with zero attached hydrogens (tertiary/aromatic N) is 1. The van der Waals surface area contributed by atoms with E-state index >= 15 is 0 Å². The zero-order valence-corrected chi connectivity index (χ0v) is 21.0. The van der Waals surface area contributed by atoms with Crippen molar-refractivity contribution in [2.75, 3.05) is 14.2 Å². The molecule has 1 aliphatic heterocycles. The van der Waals surface area contributed by atoms with E-state index in [1.165, 1.54) is 31.3 Å². The molecule has 0 aromatic heterocycles. The van der Waals surface area contributed by atoms with Gasteiger partial charge in [-0.3, -0.25) is 9.59 Å². The van der Waals surface area contributed by atoms with Crippen LogP contribution in [0, 0.1) is 5.82 Å². The standard InChI is InChI=1S/C29H28FNO6/c1-17(2)37-22-10-5-7-18(13-22)16-31-26(19-8-6-9-21(14-19)35-3)25(28(33)29(31)34)27(32)23-15-20(30)11-12-24(23)36-4/h5-15,17,26,32H,16H2,1-4H3/b27-25+. The van der Waals surface area contributed by atoms with E-state index in [9.17, 15) is 19.1 Å². The van der Waals surface area contributed by atoms with Crippen LogP contribution in [0.1, 0.15) is 36.6 Å². The maximum atomic E-state index is 14.1. The van der Waals surface area contributed by atoms with E-state index in [0.29, 0.717) is 17.1 Å². The van der Waals surface area contributed by atoms with Gasteiger partial charge < -0.3 is 24.2 Å². The predicted octanol–water partition coefficient (Wildman–Crippen LogP) is 5.25. The molecule has 1 N–H and O–H groups in total. The molecule has 0 aliphatic carbocycles. The first-order chi connectivity index (χ1) is 17.7. The number of hydrogen-bond acceptors (Lipinski definition) is 6. The van der Waals surface area contributed by atoms with E-state index < -0.39 is 29.3 Å². The van der Waals surface area contributed by atoms with Crippen molar-refractivity contribution in [3.05, 3.63) is 94.8 Å². The van der Waals surface area contributed by atoms with Crippen LogP contribution in [0.2, 0.25) is 0 Å². The zero-order chi connectivity index (χ0) is 26.7. The van der Waals surface area contributed by atoms with Crippen LogP contribution in [0.25, 0.3) is 5.76 Å². The molecule has 1 heterocycles. The zero-order valence-electron chi connectivity index (χ0n) is 21.0. The van der Waals surface area contributed by atoms with Gasteiger partial charge >= 0.3 is 0 Å². The largest absolute Gasteiger partial charge is 0.507 e. The SMILES string of the molecule is COc1cccc(C2/C(=C(\O)c3cc(F)ccc3OC)C(=O)C(=O)N2Cc2cccc(OC(C)C)c2)c1. The number of methoxy groups -OCH3 is 2. The van der Waals surface area contributed by atoms with Crippen molar-refractivity contribution in [2.45, 2.75) is 32.5 Å². The Hall–Kier alpha value is -4.33. The smallest absolute Gasteiger partial charge is 0.295 e. The molecule has 1 fully saturated rings. The number of likely N-dealkylation sites (tertiary alicyclic amines) is 1. The summed E-state index contributed by atoms with van der Waals surface area (Å²) in [5, 5.41) is 11.3. The number of aliphatic hydroxyl groups is 1. The Morgan fingerprint density at radius 3 is 2.41 bits per heavy atom. The predicted molar refractivity (Wildman–Crippen MR) is 136 cm³/mol. The molecule has 3 aromatic rings. The highest BCUT2D eigenvalue weighted by molar-refractivity contribution is 6.46. The van der Waals surface area contributed by atoms with Gasteiger partial charge in [0.05, 0.1) is 37.5 Å². The monoisotopic (exact) mass is 505 g/mol. The first-order valence-electron chi connectivity index (χ1n) is 11.7. The molecule has 0 bridgehead atoms. The first kappa shape index (κ1) is 25.8. The van der Waals surface area contributed by atoms with Gasteiger partial charge in [-0.15, -0.1) is 0 Å². The first-order valence-corrected chi connectivity index (χ1v) is 11.7. The Bertz CT molecular complexity index is 1370. The lowest BCUT2D eigenvalue weighted by molar-refractivity contribution is -0.140. The number of rotatable bonds is 8. The molecule has 3 aromatic carbocycles. The average Bonchev–Trinajstić information content (AvgIpc) is 3.13. The van der Waals surface area contributed by atoms with Gasteiger partial charge in [-0.25, -0.2) is 4.39 Å². The van der Waals surface area contributed by atoms with Crippen LogP contribution < -0.4 is 14.2 Å². The molecular weight excluding hydrogens is 477 g/mol. The van der Waals surface area contributed by atoms with Gasteiger partial charge in [0.15, 0.2) is 0 Å². The number of ether oxygens (including phenoxy) is 3. The number of ketones is 1. The van der Waals surface area contributed by atoms with Crippen LogP contribution in [0.3, 0.4) is 0 Å². The minimum atomic E-state index is -0.960. The minimum Gasteiger partial charge on any atom is -0.507 e. The van der Waals surface area contributed by atoms with Crippen molar-refractivity contribution >= 4 is 17.4 Å². The van der Waals surface area contributed by atoms with E-state index in [1.807, 2.05) is 32.0 Å². The quantitative estimate of drug-likeness (QED) is 0.256. The van der Waals surface area contributed by atoms with Gasteiger partial charge in [0.25, 0.3) is 11.7 Å². The highest BCUT2D eigenvalue weighted by Gasteiger charge is 2.46. The van der Waals surface area contributed by atoms with E-state index in [0.717, 1.165) is 11.6 Å². The van der Waals surface area contributed by atoms with Crippen LogP contribution in [0.15, 0.2) is 72.3 Å². The summed E-state index contributed by atoms with van der Waals surface area (Å²) in [5.74, 6) is -1.53. The summed E-state index contributed by atoms with van der Waals surface area (Å²) in [5.41, 5.74) is 1.08. The van der Waals surface area contributed by atoms with Crippen molar-refractivity contribution in [2.24, 2.45) is 0 Å². The van der Waals surface area contributed by atoms with Crippen LogP contribution in [0.5, 0.6) is 17.2 Å². The van der Waals surface area contributed by atoms with Gasteiger partial charge in [0, 0.05) is 6.54 Å². The number of amides is 1. The molecule has 1 saturated heterocycles. The molecule has 7 nitrogen and oxygen atoms in total. The maximum Gasteiger partial charge on any atom is 0.295 e. The molecule has 4 rings (SSSR count). The molecule has 0 spiro atoms. The molecule has 192 valence electrons. The number of aliphatic hydroxyl groups excluding tert-OH is 1. The van der Waals surface area contributed by atoms with Crippen molar-refractivity contribution in [3.8, 4) is 17.2 Å². The number of hydrogen-bond donors (Lipinski definition) is 1.